The van der Waals surface area contributed by atoms with Crippen molar-refractivity contribution in [3.05, 3.63) is 29.3 Å². The smallest absolute Gasteiger partial charge is 0.122 e. The summed E-state index contributed by atoms with van der Waals surface area (Å²) in [6, 6.07) is 6.55. The third-order valence-corrected chi connectivity index (χ3v) is 2.38. The van der Waals surface area contributed by atoms with Gasteiger partial charge in [-0.15, -0.1) is 0 Å². The van der Waals surface area contributed by atoms with E-state index in [2.05, 4.69) is 39.0 Å². The first-order valence-electron chi connectivity index (χ1n) is 5.56. The van der Waals surface area contributed by atoms with Crippen LogP contribution in [0.25, 0.3) is 0 Å². The van der Waals surface area contributed by atoms with E-state index in [0.29, 0.717) is 0 Å². The largest absolute Gasteiger partial charge is 0.493 e. The summed E-state index contributed by atoms with van der Waals surface area (Å²) in [6.45, 7) is 7.29. The van der Waals surface area contributed by atoms with E-state index in [1.807, 2.05) is 0 Å². The third-order valence-electron chi connectivity index (χ3n) is 2.38. The van der Waals surface area contributed by atoms with Gasteiger partial charge in [0, 0.05) is 0 Å². The molecule has 0 spiro atoms. The van der Waals surface area contributed by atoms with Gasteiger partial charge < -0.3 is 4.74 Å². The van der Waals surface area contributed by atoms with Crippen molar-refractivity contribution < 1.29 is 4.74 Å². The summed E-state index contributed by atoms with van der Waals surface area (Å²) in [6.07, 6.45) is 3.19. The zero-order chi connectivity index (χ0) is 10.4. The van der Waals surface area contributed by atoms with Gasteiger partial charge in [-0.05, 0) is 36.5 Å². The summed E-state index contributed by atoms with van der Waals surface area (Å²) >= 11 is 0. The predicted octanol–water partition coefficient (Wildman–Crippen LogP) is 3.60. The molecule has 0 amide bonds. The maximum absolute atomic E-state index is 5.72. The van der Waals surface area contributed by atoms with E-state index in [1.165, 1.54) is 11.1 Å². The number of aryl methyl sites for hydroxylation is 2. The fraction of sp³-hybridized carbons (Fsp3) is 0.538. The topological polar surface area (TPSA) is 9.23 Å². The van der Waals surface area contributed by atoms with Crippen molar-refractivity contribution >= 4 is 0 Å². The van der Waals surface area contributed by atoms with E-state index in [4.69, 9.17) is 4.74 Å². The number of benzene rings is 1. The Labute approximate surface area is 87.1 Å². The highest BCUT2D eigenvalue weighted by atomic mass is 16.5. The van der Waals surface area contributed by atoms with Gasteiger partial charge in [-0.1, -0.05) is 32.9 Å². The first-order chi connectivity index (χ1) is 6.81. The van der Waals surface area contributed by atoms with E-state index in [9.17, 15) is 0 Å². The van der Waals surface area contributed by atoms with Crippen molar-refractivity contribution in [3.63, 3.8) is 0 Å². The van der Waals surface area contributed by atoms with Crippen LogP contribution in [0, 0.1) is 0 Å². The highest BCUT2D eigenvalue weighted by molar-refractivity contribution is 5.37. The second-order valence-corrected chi connectivity index (χ2v) is 3.50. The number of ether oxygens (including phenoxy) is 1. The molecule has 1 aromatic rings. The zero-order valence-corrected chi connectivity index (χ0v) is 9.47. The molecule has 14 heavy (non-hydrogen) atoms. The van der Waals surface area contributed by atoms with Crippen LogP contribution in [0.1, 0.15) is 38.3 Å². The van der Waals surface area contributed by atoms with Crippen molar-refractivity contribution in [3.8, 4) is 5.75 Å². The first-order valence-corrected chi connectivity index (χ1v) is 5.56. The van der Waals surface area contributed by atoms with Gasteiger partial charge in [-0.25, -0.2) is 0 Å². The van der Waals surface area contributed by atoms with Crippen molar-refractivity contribution in [2.24, 2.45) is 0 Å². The van der Waals surface area contributed by atoms with Crippen LogP contribution >= 0.6 is 0 Å². The van der Waals surface area contributed by atoms with Crippen LogP contribution in [0.3, 0.4) is 0 Å². The van der Waals surface area contributed by atoms with E-state index in [1.54, 1.807) is 0 Å². The van der Waals surface area contributed by atoms with E-state index in [-0.39, 0.29) is 0 Å². The maximum atomic E-state index is 5.72. The van der Waals surface area contributed by atoms with Crippen LogP contribution in [-0.2, 0) is 12.8 Å². The fourth-order valence-corrected chi connectivity index (χ4v) is 1.46. The molecule has 0 aliphatic rings. The monoisotopic (exact) mass is 192 g/mol. The van der Waals surface area contributed by atoms with Crippen molar-refractivity contribution in [2.75, 3.05) is 6.61 Å². The Bertz CT molecular complexity index is 279. The summed E-state index contributed by atoms with van der Waals surface area (Å²) in [4.78, 5) is 0. The predicted molar refractivity (Wildman–Crippen MR) is 61.0 cm³/mol. The molecule has 0 N–H and O–H groups in total. The number of rotatable bonds is 5. The fourth-order valence-electron chi connectivity index (χ4n) is 1.46. The molecule has 0 atom stereocenters. The van der Waals surface area contributed by atoms with Crippen molar-refractivity contribution in [2.45, 2.75) is 40.0 Å². The Balaban J connectivity index is 2.84. The Morgan fingerprint density at radius 2 is 1.86 bits per heavy atom. The average Bonchev–Trinajstić information content (AvgIpc) is 2.25. The Hall–Kier alpha value is -0.980. The van der Waals surface area contributed by atoms with Crippen molar-refractivity contribution in [1.82, 2.24) is 0 Å². The molecule has 0 heterocycles. The van der Waals surface area contributed by atoms with Crippen molar-refractivity contribution in [1.29, 1.82) is 0 Å². The molecule has 0 bridgehead atoms. The molecule has 1 aromatic carbocycles. The summed E-state index contributed by atoms with van der Waals surface area (Å²) in [5, 5.41) is 0. The van der Waals surface area contributed by atoms with Crippen LogP contribution in [0.4, 0.5) is 0 Å². The average molecular weight is 192 g/mol. The lowest BCUT2D eigenvalue weighted by atomic mass is 10.1. The molecule has 1 nitrogen and oxygen atoms in total. The molecular formula is C13H20O. The second-order valence-electron chi connectivity index (χ2n) is 3.50. The SMILES string of the molecule is CCCOc1cc(CC)ccc1CC. The molecule has 0 aliphatic heterocycles. The molecule has 0 unspecified atom stereocenters. The molecular weight excluding hydrogens is 172 g/mol. The van der Waals surface area contributed by atoms with Gasteiger partial charge in [0.25, 0.3) is 0 Å². The Kier molecular flexibility index (Phi) is 4.51. The van der Waals surface area contributed by atoms with Crippen LogP contribution in [0.2, 0.25) is 0 Å². The number of hydrogen-bond donors (Lipinski definition) is 0. The lowest BCUT2D eigenvalue weighted by Gasteiger charge is -2.10. The van der Waals surface area contributed by atoms with Crippen LogP contribution in [-0.4, -0.2) is 6.61 Å². The van der Waals surface area contributed by atoms with Gasteiger partial charge in [0.15, 0.2) is 0 Å². The standard InChI is InChI=1S/C13H20O/c1-4-9-14-13-10-11(5-2)7-8-12(13)6-3/h7-8,10H,4-6,9H2,1-3H3. The zero-order valence-electron chi connectivity index (χ0n) is 9.47. The van der Waals surface area contributed by atoms with Gasteiger partial charge in [0.1, 0.15) is 5.75 Å². The third kappa shape index (κ3) is 2.76. The summed E-state index contributed by atoms with van der Waals surface area (Å²) in [5.74, 6) is 1.08. The quantitative estimate of drug-likeness (QED) is 0.692. The van der Waals surface area contributed by atoms with Crippen LogP contribution < -0.4 is 4.74 Å². The van der Waals surface area contributed by atoms with E-state index in [0.717, 1.165) is 31.6 Å². The van der Waals surface area contributed by atoms with Gasteiger partial charge in [0.2, 0.25) is 0 Å². The van der Waals surface area contributed by atoms with Crippen LogP contribution in [0.15, 0.2) is 18.2 Å². The lowest BCUT2D eigenvalue weighted by molar-refractivity contribution is 0.314. The minimum atomic E-state index is 0.820. The Morgan fingerprint density at radius 3 is 2.43 bits per heavy atom. The molecule has 1 heteroatoms. The van der Waals surface area contributed by atoms with E-state index >= 15 is 0 Å². The first kappa shape index (κ1) is 11.1. The minimum absolute atomic E-state index is 0.820. The highest BCUT2D eigenvalue weighted by Gasteiger charge is 2.02. The Morgan fingerprint density at radius 1 is 1.07 bits per heavy atom. The van der Waals surface area contributed by atoms with Crippen LogP contribution in [0.5, 0.6) is 5.75 Å². The summed E-state index contributed by atoms with van der Waals surface area (Å²) in [7, 11) is 0. The minimum Gasteiger partial charge on any atom is -0.493 e. The molecule has 0 aromatic heterocycles. The molecule has 0 saturated carbocycles. The van der Waals surface area contributed by atoms with Gasteiger partial charge in [-0.3, -0.25) is 0 Å². The van der Waals surface area contributed by atoms with E-state index < -0.39 is 0 Å². The second kappa shape index (κ2) is 5.69. The maximum Gasteiger partial charge on any atom is 0.122 e. The molecule has 0 saturated heterocycles. The van der Waals surface area contributed by atoms with Gasteiger partial charge in [0.05, 0.1) is 6.61 Å². The molecule has 0 radical (unpaired) electrons. The highest BCUT2D eigenvalue weighted by Crippen LogP contribution is 2.21. The summed E-state index contributed by atoms with van der Waals surface area (Å²) < 4.78 is 5.72. The molecule has 0 aliphatic carbocycles. The summed E-state index contributed by atoms with van der Waals surface area (Å²) in [5.41, 5.74) is 2.67. The molecule has 78 valence electrons. The van der Waals surface area contributed by atoms with Gasteiger partial charge >= 0.3 is 0 Å². The normalized spacial score (nSPS) is 10.2. The lowest BCUT2D eigenvalue weighted by Crippen LogP contribution is -1.99. The molecule has 1 rings (SSSR count). The number of hydrogen-bond acceptors (Lipinski definition) is 1. The van der Waals surface area contributed by atoms with Gasteiger partial charge in [-0.2, -0.15) is 0 Å². The molecule has 0 fully saturated rings.